The lowest BCUT2D eigenvalue weighted by atomic mass is 9.99. The minimum absolute atomic E-state index is 0.205. The summed E-state index contributed by atoms with van der Waals surface area (Å²) < 4.78 is 19.4. The van der Waals surface area contributed by atoms with Crippen molar-refractivity contribution in [1.82, 2.24) is 25.5 Å². The first kappa shape index (κ1) is 22.0. The van der Waals surface area contributed by atoms with Crippen molar-refractivity contribution in [2.24, 2.45) is 0 Å². The zero-order valence-electron chi connectivity index (χ0n) is 17.0. The van der Waals surface area contributed by atoms with E-state index in [1.54, 1.807) is 0 Å². The molecule has 2 atom stereocenters. The number of rotatable bonds is 9. The number of aryl methyl sites for hydroxylation is 1. The Hall–Kier alpha value is -3.66. The van der Waals surface area contributed by atoms with Gasteiger partial charge in [0.05, 0.1) is 19.6 Å². The van der Waals surface area contributed by atoms with Gasteiger partial charge in [-0.3, -0.25) is 14.9 Å². The predicted octanol–water partition coefficient (Wildman–Crippen LogP) is 2.19. The summed E-state index contributed by atoms with van der Waals surface area (Å²) in [7, 11) is 1.26. The van der Waals surface area contributed by atoms with E-state index in [1.807, 2.05) is 31.2 Å². The SMILES string of the molecule is COC(=O)Cn1nnnc1C(NC(CC(=O)O)c1ccc(F)cc1)c1ccc(C)cc1. The molecule has 10 heteroatoms. The third-order valence-electron chi connectivity index (χ3n) is 4.75. The fraction of sp³-hybridized carbons (Fsp3) is 0.286. The lowest BCUT2D eigenvalue weighted by Gasteiger charge is -2.25. The first-order valence-corrected chi connectivity index (χ1v) is 9.50. The van der Waals surface area contributed by atoms with Crippen LogP contribution in [-0.2, 0) is 20.9 Å². The van der Waals surface area contributed by atoms with Gasteiger partial charge in [0.2, 0.25) is 0 Å². The summed E-state index contributed by atoms with van der Waals surface area (Å²) in [6.07, 6.45) is -0.257. The molecule has 0 saturated heterocycles. The average molecular weight is 427 g/mol. The molecule has 1 aromatic heterocycles. The van der Waals surface area contributed by atoms with Crippen LogP contribution in [0.15, 0.2) is 48.5 Å². The molecule has 162 valence electrons. The third kappa shape index (κ3) is 5.70. The largest absolute Gasteiger partial charge is 0.481 e. The Morgan fingerprint density at radius 3 is 2.39 bits per heavy atom. The molecule has 0 bridgehead atoms. The van der Waals surface area contributed by atoms with Crippen molar-refractivity contribution in [2.75, 3.05) is 7.11 Å². The van der Waals surface area contributed by atoms with Gasteiger partial charge >= 0.3 is 11.9 Å². The van der Waals surface area contributed by atoms with Crippen molar-refractivity contribution in [1.29, 1.82) is 0 Å². The number of aromatic nitrogens is 4. The van der Waals surface area contributed by atoms with E-state index in [9.17, 15) is 19.1 Å². The average Bonchev–Trinajstić information content (AvgIpc) is 3.19. The van der Waals surface area contributed by atoms with Gasteiger partial charge in [-0.25, -0.2) is 9.07 Å². The number of nitrogens with one attached hydrogen (secondary N) is 1. The molecule has 3 rings (SSSR count). The molecule has 0 fully saturated rings. The van der Waals surface area contributed by atoms with E-state index in [2.05, 4.69) is 20.8 Å². The highest BCUT2D eigenvalue weighted by molar-refractivity contribution is 5.69. The molecule has 31 heavy (non-hydrogen) atoms. The van der Waals surface area contributed by atoms with Gasteiger partial charge in [-0.2, -0.15) is 0 Å². The van der Waals surface area contributed by atoms with Crippen molar-refractivity contribution in [2.45, 2.75) is 32.0 Å². The van der Waals surface area contributed by atoms with Gasteiger partial charge in [-0.05, 0) is 40.6 Å². The maximum absolute atomic E-state index is 13.4. The van der Waals surface area contributed by atoms with Crippen LogP contribution in [0.3, 0.4) is 0 Å². The Kier molecular flexibility index (Phi) is 7.03. The fourth-order valence-corrected chi connectivity index (χ4v) is 3.14. The molecule has 0 saturated carbocycles. The van der Waals surface area contributed by atoms with Gasteiger partial charge < -0.3 is 9.84 Å². The molecule has 9 nitrogen and oxygen atoms in total. The second-order valence-corrected chi connectivity index (χ2v) is 6.98. The number of hydrogen-bond donors (Lipinski definition) is 2. The van der Waals surface area contributed by atoms with Gasteiger partial charge in [-0.15, -0.1) is 5.10 Å². The normalized spacial score (nSPS) is 12.9. The summed E-state index contributed by atoms with van der Waals surface area (Å²) in [5.41, 5.74) is 2.40. The Balaban J connectivity index is 2.02. The topological polar surface area (TPSA) is 119 Å². The number of esters is 1. The number of ether oxygens (including phenoxy) is 1. The molecule has 2 aromatic carbocycles. The number of tetrazole rings is 1. The number of halogens is 1. The maximum Gasteiger partial charge on any atom is 0.327 e. The van der Waals surface area contributed by atoms with E-state index in [0.717, 1.165) is 11.1 Å². The van der Waals surface area contributed by atoms with Crippen LogP contribution in [0.25, 0.3) is 0 Å². The van der Waals surface area contributed by atoms with Crippen LogP contribution in [0, 0.1) is 12.7 Å². The Labute approximate surface area is 177 Å². The van der Waals surface area contributed by atoms with Crippen molar-refractivity contribution >= 4 is 11.9 Å². The second kappa shape index (κ2) is 9.90. The molecular formula is C21H22FN5O4. The van der Waals surface area contributed by atoms with Gasteiger partial charge in [0.25, 0.3) is 0 Å². The predicted molar refractivity (Wildman–Crippen MR) is 107 cm³/mol. The van der Waals surface area contributed by atoms with Crippen LogP contribution in [0.1, 0.15) is 41.0 Å². The Morgan fingerprint density at radius 2 is 1.77 bits per heavy atom. The van der Waals surface area contributed by atoms with Crippen molar-refractivity contribution < 1.29 is 23.8 Å². The van der Waals surface area contributed by atoms with Crippen LogP contribution in [-0.4, -0.2) is 44.4 Å². The molecule has 2 N–H and O–H groups in total. The number of nitrogens with zero attached hydrogens (tertiary/aromatic N) is 4. The summed E-state index contributed by atoms with van der Waals surface area (Å²) in [5, 5.41) is 24.3. The highest BCUT2D eigenvalue weighted by Crippen LogP contribution is 2.27. The summed E-state index contributed by atoms with van der Waals surface area (Å²) in [6.45, 7) is 1.74. The van der Waals surface area contributed by atoms with E-state index >= 15 is 0 Å². The van der Waals surface area contributed by atoms with Crippen molar-refractivity contribution in [3.63, 3.8) is 0 Å². The standard InChI is InChI=1S/C21H22FN5O4/c1-13-3-5-15(6-4-13)20(21-24-25-26-27(21)12-19(30)31-2)23-17(11-18(28)29)14-7-9-16(22)10-8-14/h3-10,17,20,23H,11-12H2,1-2H3,(H,28,29). The van der Waals surface area contributed by atoms with Gasteiger partial charge in [0.15, 0.2) is 5.82 Å². The lowest BCUT2D eigenvalue weighted by molar-refractivity contribution is -0.141. The Bertz CT molecular complexity index is 1040. The number of hydrogen-bond acceptors (Lipinski definition) is 7. The Morgan fingerprint density at radius 1 is 1.13 bits per heavy atom. The number of carbonyl (C=O) groups is 2. The van der Waals surface area contributed by atoms with Gasteiger partial charge in [0, 0.05) is 6.04 Å². The number of benzene rings is 2. The molecule has 0 aliphatic rings. The molecule has 0 aliphatic carbocycles. The van der Waals surface area contributed by atoms with E-state index in [1.165, 1.54) is 36.1 Å². The number of methoxy groups -OCH3 is 1. The molecule has 1 heterocycles. The van der Waals surface area contributed by atoms with E-state index < -0.39 is 29.8 Å². The molecule has 0 aliphatic heterocycles. The minimum atomic E-state index is -1.03. The van der Waals surface area contributed by atoms with Crippen LogP contribution in [0.2, 0.25) is 0 Å². The molecule has 2 unspecified atom stereocenters. The smallest absolute Gasteiger partial charge is 0.327 e. The summed E-state index contributed by atoms with van der Waals surface area (Å²) in [6, 6.07) is 11.8. The van der Waals surface area contributed by atoms with Crippen molar-refractivity contribution in [3.8, 4) is 0 Å². The molecule has 0 radical (unpaired) electrons. The zero-order chi connectivity index (χ0) is 22.4. The molecule has 0 amide bonds. The van der Waals surface area contributed by atoms with Crippen LogP contribution in [0.4, 0.5) is 4.39 Å². The first-order valence-electron chi connectivity index (χ1n) is 9.50. The highest BCUT2D eigenvalue weighted by Gasteiger charge is 2.27. The second-order valence-electron chi connectivity index (χ2n) is 6.98. The van der Waals surface area contributed by atoms with Crippen molar-refractivity contribution in [3.05, 3.63) is 76.9 Å². The van der Waals surface area contributed by atoms with E-state index in [0.29, 0.717) is 11.4 Å². The number of carboxylic acids is 1. The van der Waals surface area contributed by atoms with E-state index in [-0.39, 0.29) is 13.0 Å². The van der Waals surface area contributed by atoms with Gasteiger partial charge in [0.1, 0.15) is 12.4 Å². The molecule has 3 aromatic rings. The quantitative estimate of drug-likeness (QED) is 0.499. The summed E-state index contributed by atoms with van der Waals surface area (Å²) >= 11 is 0. The monoisotopic (exact) mass is 427 g/mol. The number of carbonyl (C=O) groups excluding carboxylic acids is 1. The zero-order valence-corrected chi connectivity index (χ0v) is 17.0. The molecular weight excluding hydrogens is 405 g/mol. The first-order chi connectivity index (χ1) is 14.9. The van der Waals surface area contributed by atoms with Crippen LogP contribution < -0.4 is 5.32 Å². The highest BCUT2D eigenvalue weighted by atomic mass is 19.1. The number of aliphatic carboxylic acids is 1. The van der Waals surface area contributed by atoms with Crippen LogP contribution >= 0.6 is 0 Å². The third-order valence-corrected chi connectivity index (χ3v) is 4.75. The lowest BCUT2D eigenvalue weighted by Crippen LogP contribution is -2.32. The van der Waals surface area contributed by atoms with E-state index in [4.69, 9.17) is 4.74 Å². The molecule has 0 spiro atoms. The summed E-state index contributed by atoms with van der Waals surface area (Å²) in [4.78, 5) is 23.3. The van der Waals surface area contributed by atoms with Gasteiger partial charge in [-0.1, -0.05) is 42.0 Å². The maximum atomic E-state index is 13.4. The minimum Gasteiger partial charge on any atom is -0.481 e. The van der Waals surface area contributed by atoms with Crippen LogP contribution in [0.5, 0.6) is 0 Å². The number of carboxylic acid groups (broad SMARTS) is 1. The fourth-order valence-electron chi connectivity index (χ4n) is 3.14. The summed E-state index contributed by atoms with van der Waals surface area (Å²) in [5.74, 6) is -1.67.